The Labute approximate surface area is 162 Å². The van der Waals surface area contributed by atoms with Crippen LogP contribution in [-0.2, 0) is 6.42 Å². The van der Waals surface area contributed by atoms with Gasteiger partial charge < -0.3 is 9.84 Å². The number of hydrogen-bond donors (Lipinski definition) is 2. The predicted molar refractivity (Wildman–Crippen MR) is 111 cm³/mol. The normalized spacial score (nSPS) is 19.8. The Morgan fingerprint density at radius 3 is 2.52 bits per heavy atom. The van der Waals surface area contributed by atoms with E-state index in [1.54, 1.807) is 0 Å². The molecule has 0 radical (unpaired) electrons. The fourth-order valence-corrected chi connectivity index (χ4v) is 3.48. The maximum atomic E-state index is 10.7. The Hall–Kier alpha value is -2.33. The molecule has 0 saturated carbocycles. The highest BCUT2D eigenvalue weighted by Gasteiger charge is 2.29. The monoisotopic (exact) mass is 366 g/mol. The quantitative estimate of drug-likeness (QED) is 0.768. The minimum absolute atomic E-state index is 0.00356. The molecule has 0 aromatic heterocycles. The molecule has 0 spiro atoms. The van der Waals surface area contributed by atoms with Crippen LogP contribution in [0, 0.1) is 5.92 Å². The maximum Gasteiger partial charge on any atom is 0.162 e. The molecule has 2 aromatic carbocycles. The summed E-state index contributed by atoms with van der Waals surface area (Å²) in [7, 11) is 0. The molecule has 0 bridgehead atoms. The van der Waals surface area contributed by atoms with Gasteiger partial charge in [0.15, 0.2) is 11.5 Å². The minimum Gasteiger partial charge on any atom is -0.504 e. The Bertz CT molecular complexity index is 797. The molecule has 2 unspecified atom stereocenters. The maximum absolute atomic E-state index is 10.7. The first-order chi connectivity index (χ1) is 13.0. The Morgan fingerprint density at radius 2 is 1.89 bits per heavy atom. The molecule has 1 aliphatic rings. The lowest BCUT2D eigenvalue weighted by Crippen LogP contribution is -2.41. The Morgan fingerprint density at radius 1 is 1.15 bits per heavy atom. The SMILES string of the molecule is CCOc1cccc(C2CC(c3ccc(CC)cc3)=NC(C(C)C)N2)c1O. The average molecular weight is 367 g/mol. The summed E-state index contributed by atoms with van der Waals surface area (Å²) in [6.45, 7) is 8.94. The van der Waals surface area contributed by atoms with E-state index in [0.717, 1.165) is 29.7 Å². The third kappa shape index (κ3) is 4.33. The van der Waals surface area contributed by atoms with Gasteiger partial charge in [0.2, 0.25) is 0 Å². The number of phenols is 1. The van der Waals surface area contributed by atoms with E-state index in [-0.39, 0.29) is 18.0 Å². The van der Waals surface area contributed by atoms with Crippen LogP contribution in [0.2, 0.25) is 0 Å². The van der Waals surface area contributed by atoms with Crippen molar-refractivity contribution < 1.29 is 9.84 Å². The molecule has 144 valence electrons. The Balaban J connectivity index is 1.94. The van der Waals surface area contributed by atoms with Gasteiger partial charge in [-0.2, -0.15) is 0 Å². The number of aryl methyl sites for hydroxylation is 1. The summed E-state index contributed by atoms with van der Waals surface area (Å²) in [4.78, 5) is 4.96. The van der Waals surface area contributed by atoms with Crippen LogP contribution in [0.1, 0.15) is 56.8 Å². The van der Waals surface area contributed by atoms with Crippen LogP contribution in [0.3, 0.4) is 0 Å². The number of aromatic hydroxyl groups is 1. The summed E-state index contributed by atoms with van der Waals surface area (Å²) in [5.41, 5.74) is 4.43. The summed E-state index contributed by atoms with van der Waals surface area (Å²) < 4.78 is 5.57. The fourth-order valence-electron chi connectivity index (χ4n) is 3.48. The molecular weight excluding hydrogens is 336 g/mol. The van der Waals surface area contributed by atoms with Crippen LogP contribution in [0.5, 0.6) is 11.5 Å². The number of nitrogens with one attached hydrogen (secondary N) is 1. The van der Waals surface area contributed by atoms with Gasteiger partial charge in [-0.05, 0) is 36.5 Å². The molecule has 0 amide bonds. The molecule has 2 aromatic rings. The highest BCUT2D eigenvalue weighted by Crippen LogP contribution is 2.37. The van der Waals surface area contributed by atoms with Gasteiger partial charge in [0.05, 0.1) is 6.61 Å². The summed E-state index contributed by atoms with van der Waals surface area (Å²) >= 11 is 0. The summed E-state index contributed by atoms with van der Waals surface area (Å²) in [6.07, 6.45) is 1.78. The number of aliphatic imine (C=N–C) groups is 1. The lowest BCUT2D eigenvalue weighted by atomic mass is 9.92. The fraction of sp³-hybridized carbons (Fsp3) is 0.435. The topological polar surface area (TPSA) is 53.8 Å². The van der Waals surface area contributed by atoms with Crippen molar-refractivity contribution in [3.63, 3.8) is 0 Å². The molecule has 2 N–H and O–H groups in total. The number of para-hydroxylation sites is 1. The second kappa shape index (κ2) is 8.57. The van der Waals surface area contributed by atoms with E-state index in [4.69, 9.17) is 9.73 Å². The number of nitrogens with zero attached hydrogens (tertiary/aromatic N) is 1. The van der Waals surface area contributed by atoms with E-state index < -0.39 is 0 Å². The lowest BCUT2D eigenvalue weighted by molar-refractivity contribution is 0.309. The van der Waals surface area contributed by atoms with E-state index in [1.165, 1.54) is 5.56 Å². The molecule has 0 fully saturated rings. The second-order valence-electron chi connectivity index (χ2n) is 7.37. The van der Waals surface area contributed by atoms with Crippen LogP contribution in [0.25, 0.3) is 0 Å². The molecule has 4 heteroatoms. The second-order valence-corrected chi connectivity index (χ2v) is 7.37. The molecular formula is C23H30N2O2. The van der Waals surface area contributed by atoms with E-state index >= 15 is 0 Å². The zero-order valence-electron chi connectivity index (χ0n) is 16.7. The van der Waals surface area contributed by atoms with E-state index in [0.29, 0.717) is 18.3 Å². The van der Waals surface area contributed by atoms with Gasteiger partial charge in [-0.1, -0.05) is 57.2 Å². The first kappa shape index (κ1) is 19.4. The third-order valence-electron chi connectivity index (χ3n) is 5.10. The Kier molecular flexibility index (Phi) is 6.17. The van der Waals surface area contributed by atoms with Gasteiger partial charge in [0.25, 0.3) is 0 Å². The van der Waals surface area contributed by atoms with Crippen molar-refractivity contribution in [2.45, 2.75) is 52.7 Å². The molecule has 1 aliphatic heterocycles. The van der Waals surface area contributed by atoms with Gasteiger partial charge in [-0.25, -0.2) is 0 Å². The van der Waals surface area contributed by atoms with Crippen molar-refractivity contribution in [3.8, 4) is 11.5 Å². The minimum atomic E-state index is -0.00356. The van der Waals surface area contributed by atoms with Crippen LogP contribution in [0.4, 0.5) is 0 Å². The number of hydrogen-bond acceptors (Lipinski definition) is 4. The smallest absolute Gasteiger partial charge is 0.162 e. The highest BCUT2D eigenvalue weighted by molar-refractivity contribution is 6.01. The van der Waals surface area contributed by atoms with E-state index in [1.807, 2.05) is 25.1 Å². The van der Waals surface area contributed by atoms with Crippen molar-refractivity contribution in [2.75, 3.05) is 6.61 Å². The number of phenolic OH excluding ortho intramolecular Hbond substituents is 1. The van der Waals surface area contributed by atoms with Gasteiger partial charge in [-0.15, -0.1) is 0 Å². The molecule has 4 nitrogen and oxygen atoms in total. The van der Waals surface area contributed by atoms with Gasteiger partial charge in [0, 0.05) is 23.7 Å². The van der Waals surface area contributed by atoms with Crippen molar-refractivity contribution >= 4 is 5.71 Å². The van der Waals surface area contributed by atoms with Crippen LogP contribution >= 0.6 is 0 Å². The van der Waals surface area contributed by atoms with Gasteiger partial charge in [0.1, 0.15) is 6.17 Å². The molecule has 1 heterocycles. The van der Waals surface area contributed by atoms with Crippen LogP contribution in [0.15, 0.2) is 47.5 Å². The molecule has 2 atom stereocenters. The van der Waals surface area contributed by atoms with Crippen molar-refractivity contribution in [3.05, 3.63) is 59.2 Å². The van der Waals surface area contributed by atoms with Crippen LogP contribution in [-0.4, -0.2) is 23.6 Å². The molecule has 3 rings (SSSR count). The molecule has 27 heavy (non-hydrogen) atoms. The van der Waals surface area contributed by atoms with Crippen molar-refractivity contribution in [1.29, 1.82) is 0 Å². The predicted octanol–water partition coefficient (Wildman–Crippen LogP) is 4.86. The zero-order valence-corrected chi connectivity index (χ0v) is 16.7. The zero-order chi connectivity index (χ0) is 19.4. The summed E-state index contributed by atoms with van der Waals surface area (Å²) in [5.74, 6) is 1.12. The highest BCUT2D eigenvalue weighted by atomic mass is 16.5. The standard InChI is InChI=1S/C23H30N2O2/c1-5-16-10-12-17(13-11-16)19-14-20(25-23(24-19)15(3)4)18-8-7-9-21(22(18)26)27-6-2/h7-13,15,20,23,25-26H,5-6,14H2,1-4H3. The summed E-state index contributed by atoms with van der Waals surface area (Å²) in [5, 5.41) is 14.3. The average Bonchev–Trinajstić information content (AvgIpc) is 2.69. The third-order valence-corrected chi connectivity index (χ3v) is 5.10. The van der Waals surface area contributed by atoms with Crippen LogP contribution < -0.4 is 10.1 Å². The number of rotatable bonds is 6. The van der Waals surface area contributed by atoms with Crippen molar-refractivity contribution in [1.82, 2.24) is 5.32 Å². The van der Waals surface area contributed by atoms with E-state index in [2.05, 4.69) is 50.4 Å². The number of benzene rings is 2. The largest absolute Gasteiger partial charge is 0.504 e. The lowest BCUT2D eigenvalue weighted by Gasteiger charge is -2.32. The van der Waals surface area contributed by atoms with E-state index in [9.17, 15) is 5.11 Å². The number of ether oxygens (including phenoxy) is 1. The van der Waals surface area contributed by atoms with Gasteiger partial charge >= 0.3 is 0 Å². The van der Waals surface area contributed by atoms with Crippen molar-refractivity contribution in [2.24, 2.45) is 10.9 Å². The first-order valence-corrected chi connectivity index (χ1v) is 9.90. The molecule has 0 aliphatic carbocycles. The molecule has 0 saturated heterocycles. The van der Waals surface area contributed by atoms with Gasteiger partial charge in [-0.3, -0.25) is 10.3 Å². The first-order valence-electron chi connectivity index (χ1n) is 9.90. The summed E-state index contributed by atoms with van der Waals surface area (Å²) in [6, 6.07) is 14.4.